The fraction of sp³-hybridized carbons (Fsp3) is 0.357. The number of thiazole rings is 1. The van der Waals surface area contributed by atoms with Crippen molar-refractivity contribution < 1.29 is 0 Å². The van der Waals surface area contributed by atoms with Gasteiger partial charge in [0.15, 0.2) is 0 Å². The molecular weight excluding hydrogens is 228 g/mol. The van der Waals surface area contributed by atoms with Gasteiger partial charge in [-0.25, -0.2) is 4.98 Å². The van der Waals surface area contributed by atoms with Crippen LogP contribution in [0.2, 0.25) is 0 Å². The summed E-state index contributed by atoms with van der Waals surface area (Å²) in [6.07, 6.45) is 2.19. The van der Waals surface area contributed by atoms with Crippen LogP contribution < -0.4 is 5.73 Å². The van der Waals surface area contributed by atoms with Crippen molar-refractivity contribution in [3.63, 3.8) is 0 Å². The molecule has 1 aliphatic carbocycles. The first-order chi connectivity index (χ1) is 8.24. The number of aryl methyl sites for hydroxylation is 1. The van der Waals surface area contributed by atoms with Crippen molar-refractivity contribution in [3.8, 4) is 0 Å². The van der Waals surface area contributed by atoms with Crippen LogP contribution in [-0.2, 0) is 6.42 Å². The minimum Gasteiger partial charge on any atom is -0.323 e. The summed E-state index contributed by atoms with van der Waals surface area (Å²) in [5.74, 6) is 0.628. The Labute approximate surface area is 106 Å². The van der Waals surface area contributed by atoms with Crippen molar-refractivity contribution in [2.45, 2.75) is 31.7 Å². The fourth-order valence-corrected chi connectivity index (χ4v) is 3.23. The van der Waals surface area contributed by atoms with Crippen LogP contribution in [0.3, 0.4) is 0 Å². The Morgan fingerprint density at radius 1 is 1.47 bits per heavy atom. The van der Waals surface area contributed by atoms with Crippen LogP contribution in [0, 0.1) is 6.92 Å². The van der Waals surface area contributed by atoms with Crippen LogP contribution >= 0.6 is 11.3 Å². The Morgan fingerprint density at radius 2 is 2.29 bits per heavy atom. The van der Waals surface area contributed by atoms with E-state index in [0.717, 1.165) is 17.1 Å². The summed E-state index contributed by atoms with van der Waals surface area (Å²) in [4.78, 5) is 4.47. The van der Waals surface area contributed by atoms with Gasteiger partial charge >= 0.3 is 0 Å². The average molecular weight is 244 g/mol. The van der Waals surface area contributed by atoms with Crippen LogP contribution in [0.5, 0.6) is 0 Å². The van der Waals surface area contributed by atoms with E-state index in [4.69, 9.17) is 5.73 Å². The molecular formula is C14H16N2S. The molecule has 2 nitrogen and oxygen atoms in total. The lowest BCUT2D eigenvalue weighted by Crippen LogP contribution is -2.22. The number of rotatable bonds is 3. The van der Waals surface area contributed by atoms with E-state index in [9.17, 15) is 0 Å². The van der Waals surface area contributed by atoms with Crippen LogP contribution in [0.4, 0.5) is 0 Å². The summed E-state index contributed by atoms with van der Waals surface area (Å²) in [5.41, 5.74) is 10.2. The van der Waals surface area contributed by atoms with Crippen molar-refractivity contribution in [2.24, 2.45) is 5.73 Å². The molecule has 0 saturated heterocycles. The lowest BCUT2D eigenvalue weighted by atomic mass is 9.74. The molecule has 1 heterocycles. The Balaban J connectivity index is 1.70. The highest BCUT2D eigenvalue weighted by molar-refractivity contribution is 7.09. The molecule has 1 aliphatic rings. The highest BCUT2D eigenvalue weighted by Gasteiger charge is 2.27. The molecule has 17 heavy (non-hydrogen) atoms. The maximum absolute atomic E-state index is 6.22. The maximum Gasteiger partial charge on any atom is 0.0898 e. The molecule has 3 heteroatoms. The molecule has 0 aliphatic heterocycles. The van der Waals surface area contributed by atoms with Crippen molar-refractivity contribution in [1.82, 2.24) is 4.98 Å². The molecule has 2 N–H and O–H groups in total. The van der Waals surface area contributed by atoms with E-state index < -0.39 is 0 Å². The third-order valence-electron chi connectivity index (χ3n) is 3.52. The lowest BCUT2D eigenvalue weighted by molar-refractivity contribution is 0.493. The SMILES string of the molecule is Cc1nc(C(N)CC2Cc3ccccc32)cs1. The van der Waals surface area contributed by atoms with Gasteiger partial charge in [0.2, 0.25) is 0 Å². The third kappa shape index (κ3) is 2.01. The maximum atomic E-state index is 6.22. The minimum atomic E-state index is 0.0818. The fourth-order valence-electron chi connectivity index (χ4n) is 2.55. The van der Waals surface area contributed by atoms with Crippen molar-refractivity contribution in [3.05, 3.63) is 51.5 Å². The van der Waals surface area contributed by atoms with Gasteiger partial charge in [-0.05, 0) is 36.8 Å². The largest absolute Gasteiger partial charge is 0.323 e. The number of hydrogen-bond donors (Lipinski definition) is 1. The van der Waals surface area contributed by atoms with E-state index in [0.29, 0.717) is 5.92 Å². The molecule has 2 unspecified atom stereocenters. The van der Waals surface area contributed by atoms with E-state index in [-0.39, 0.29) is 6.04 Å². The lowest BCUT2D eigenvalue weighted by Gasteiger charge is -2.31. The number of hydrogen-bond acceptors (Lipinski definition) is 3. The van der Waals surface area contributed by atoms with Gasteiger partial charge < -0.3 is 5.73 Å². The second-order valence-corrected chi connectivity index (χ2v) is 5.80. The second-order valence-electron chi connectivity index (χ2n) is 4.73. The van der Waals surface area contributed by atoms with Gasteiger partial charge in [0.25, 0.3) is 0 Å². The summed E-state index contributed by atoms with van der Waals surface area (Å²) in [7, 11) is 0. The molecule has 0 amide bonds. The molecule has 3 rings (SSSR count). The van der Waals surface area contributed by atoms with E-state index in [2.05, 4.69) is 34.6 Å². The van der Waals surface area contributed by atoms with Crippen molar-refractivity contribution >= 4 is 11.3 Å². The van der Waals surface area contributed by atoms with Gasteiger partial charge in [0.1, 0.15) is 0 Å². The summed E-state index contributed by atoms with van der Waals surface area (Å²) >= 11 is 1.68. The first-order valence-electron chi connectivity index (χ1n) is 5.99. The molecule has 88 valence electrons. The van der Waals surface area contributed by atoms with E-state index in [1.165, 1.54) is 17.5 Å². The normalized spacial score (nSPS) is 19.5. The molecule has 0 bridgehead atoms. The summed E-state index contributed by atoms with van der Waals surface area (Å²) in [6.45, 7) is 2.03. The zero-order chi connectivity index (χ0) is 11.8. The molecule has 0 saturated carbocycles. The predicted octanol–water partition coefficient (Wildman–Crippen LogP) is 3.18. The topological polar surface area (TPSA) is 38.9 Å². The highest BCUT2D eigenvalue weighted by Crippen LogP contribution is 2.40. The van der Waals surface area contributed by atoms with Crippen molar-refractivity contribution in [1.29, 1.82) is 0 Å². The Morgan fingerprint density at radius 3 is 3.00 bits per heavy atom. The average Bonchev–Trinajstić information content (AvgIpc) is 2.73. The van der Waals surface area contributed by atoms with Gasteiger partial charge in [-0.1, -0.05) is 24.3 Å². The second kappa shape index (κ2) is 4.24. The van der Waals surface area contributed by atoms with Crippen LogP contribution in [-0.4, -0.2) is 4.98 Å². The summed E-state index contributed by atoms with van der Waals surface area (Å²) in [5, 5.41) is 3.19. The predicted molar refractivity (Wildman–Crippen MR) is 71.3 cm³/mol. The zero-order valence-electron chi connectivity index (χ0n) is 9.89. The van der Waals surface area contributed by atoms with E-state index in [1.807, 2.05) is 6.92 Å². The van der Waals surface area contributed by atoms with E-state index >= 15 is 0 Å². The zero-order valence-corrected chi connectivity index (χ0v) is 10.7. The molecule has 0 radical (unpaired) electrons. The monoisotopic (exact) mass is 244 g/mol. The standard InChI is InChI=1S/C14H16N2S/c1-9-16-14(8-17-9)13(15)7-11-6-10-4-2-3-5-12(10)11/h2-5,8,11,13H,6-7,15H2,1H3. The van der Waals surface area contributed by atoms with E-state index in [1.54, 1.807) is 11.3 Å². The summed E-state index contributed by atoms with van der Waals surface area (Å²) < 4.78 is 0. The quantitative estimate of drug-likeness (QED) is 0.900. The number of benzene rings is 1. The highest BCUT2D eigenvalue weighted by atomic mass is 32.1. The number of nitrogens with zero attached hydrogens (tertiary/aromatic N) is 1. The van der Waals surface area contributed by atoms with Crippen LogP contribution in [0.15, 0.2) is 29.6 Å². The molecule has 0 fully saturated rings. The van der Waals surface area contributed by atoms with Gasteiger partial charge in [-0.3, -0.25) is 0 Å². The first-order valence-corrected chi connectivity index (χ1v) is 6.87. The van der Waals surface area contributed by atoms with Gasteiger partial charge in [0, 0.05) is 11.4 Å². The molecule has 2 aromatic rings. The Hall–Kier alpha value is -1.19. The number of fused-ring (bicyclic) bond motifs is 1. The molecule has 0 spiro atoms. The van der Waals surface area contributed by atoms with Gasteiger partial charge in [-0.2, -0.15) is 0 Å². The Kier molecular flexibility index (Phi) is 2.73. The van der Waals surface area contributed by atoms with Crippen LogP contribution in [0.25, 0.3) is 0 Å². The smallest absolute Gasteiger partial charge is 0.0898 e. The Bertz CT molecular complexity index is 533. The van der Waals surface area contributed by atoms with Crippen molar-refractivity contribution in [2.75, 3.05) is 0 Å². The molecule has 1 aromatic heterocycles. The minimum absolute atomic E-state index is 0.0818. The van der Waals surface area contributed by atoms with Crippen LogP contribution in [0.1, 0.15) is 40.2 Å². The molecule has 1 aromatic carbocycles. The molecule has 2 atom stereocenters. The third-order valence-corrected chi connectivity index (χ3v) is 4.31. The first kappa shape index (κ1) is 10.9. The van der Waals surface area contributed by atoms with Gasteiger partial charge in [0.05, 0.1) is 10.7 Å². The van der Waals surface area contributed by atoms with Gasteiger partial charge in [-0.15, -0.1) is 11.3 Å². The number of aromatic nitrogens is 1. The summed E-state index contributed by atoms with van der Waals surface area (Å²) in [6, 6.07) is 8.74. The number of nitrogens with two attached hydrogens (primary N) is 1.